The molecule has 0 bridgehead atoms. The van der Waals surface area contributed by atoms with Crippen LogP contribution in [-0.4, -0.2) is 51.8 Å². The Morgan fingerprint density at radius 1 is 1.00 bits per heavy atom. The number of rotatable bonds is 7. The molecule has 1 saturated heterocycles. The highest BCUT2D eigenvalue weighted by atomic mass is 16.5. The number of ether oxygens (including phenoxy) is 3. The van der Waals surface area contributed by atoms with Crippen molar-refractivity contribution in [3.63, 3.8) is 0 Å². The summed E-state index contributed by atoms with van der Waals surface area (Å²) in [5.74, 6) is 1.78. The van der Waals surface area contributed by atoms with Gasteiger partial charge in [-0.2, -0.15) is 0 Å². The lowest BCUT2D eigenvalue weighted by atomic mass is 10.1. The van der Waals surface area contributed by atoms with E-state index in [2.05, 4.69) is 10.2 Å². The van der Waals surface area contributed by atoms with Crippen molar-refractivity contribution in [2.24, 2.45) is 0 Å². The number of carbonyl (C=O) groups is 1. The van der Waals surface area contributed by atoms with Crippen LogP contribution in [0.4, 0.5) is 0 Å². The minimum Gasteiger partial charge on any atom is -0.493 e. The molecule has 1 heterocycles. The molecule has 24 heavy (non-hydrogen) atoms. The van der Waals surface area contributed by atoms with Crippen molar-refractivity contribution in [3.8, 4) is 17.2 Å². The Balaban J connectivity index is 1.94. The van der Waals surface area contributed by atoms with Gasteiger partial charge in [0.05, 0.1) is 27.9 Å². The number of nitrogens with one attached hydrogen (secondary N) is 1. The second kappa shape index (κ2) is 9.37. The van der Waals surface area contributed by atoms with Crippen molar-refractivity contribution in [2.45, 2.75) is 32.2 Å². The summed E-state index contributed by atoms with van der Waals surface area (Å²) in [4.78, 5) is 14.4. The molecule has 0 saturated carbocycles. The summed E-state index contributed by atoms with van der Waals surface area (Å²) >= 11 is 0. The molecule has 1 aliphatic heterocycles. The predicted octanol–water partition coefficient (Wildman–Crippen LogP) is 2.20. The number of hydrogen-bond acceptors (Lipinski definition) is 5. The van der Waals surface area contributed by atoms with E-state index in [1.54, 1.807) is 21.3 Å². The molecule has 134 valence electrons. The maximum atomic E-state index is 12.2. The molecule has 1 aromatic rings. The maximum absolute atomic E-state index is 12.2. The molecule has 1 fully saturated rings. The smallest absolute Gasteiger partial charge is 0.234 e. The van der Waals surface area contributed by atoms with Gasteiger partial charge in [0.2, 0.25) is 11.7 Å². The van der Waals surface area contributed by atoms with Gasteiger partial charge in [0, 0.05) is 6.54 Å². The third kappa shape index (κ3) is 5.03. The first-order chi connectivity index (χ1) is 11.7. The first-order valence-corrected chi connectivity index (χ1v) is 8.46. The standard InChI is InChI=1S/C18H28N2O4/c1-22-15-10-14(11-16(23-2)18(15)24-3)12-19-17(21)13-20-8-6-4-5-7-9-20/h10-11H,4-9,12-13H2,1-3H3,(H,19,21). The third-order valence-corrected chi connectivity index (χ3v) is 4.28. The van der Waals surface area contributed by atoms with E-state index in [-0.39, 0.29) is 5.91 Å². The Bertz CT molecular complexity index is 515. The van der Waals surface area contributed by atoms with E-state index in [1.807, 2.05) is 12.1 Å². The van der Waals surface area contributed by atoms with E-state index in [9.17, 15) is 4.79 Å². The van der Waals surface area contributed by atoms with Gasteiger partial charge in [0.1, 0.15) is 0 Å². The van der Waals surface area contributed by atoms with Crippen LogP contribution < -0.4 is 19.5 Å². The van der Waals surface area contributed by atoms with Crippen molar-refractivity contribution in [1.29, 1.82) is 0 Å². The summed E-state index contributed by atoms with van der Waals surface area (Å²) in [6, 6.07) is 3.71. The molecular formula is C18H28N2O4. The van der Waals surface area contributed by atoms with Crippen LogP contribution >= 0.6 is 0 Å². The van der Waals surface area contributed by atoms with Crippen LogP contribution in [0.3, 0.4) is 0 Å². The van der Waals surface area contributed by atoms with Gasteiger partial charge in [-0.05, 0) is 43.6 Å². The fraction of sp³-hybridized carbons (Fsp3) is 0.611. The Labute approximate surface area is 144 Å². The SMILES string of the molecule is COc1cc(CNC(=O)CN2CCCCCC2)cc(OC)c1OC. The van der Waals surface area contributed by atoms with Crippen LogP contribution in [0, 0.1) is 0 Å². The van der Waals surface area contributed by atoms with Crippen molar-refractivity contribution in [1.82, 2.24) is 10.2 Å². The number of nitrogens with zero attached hydrogens (tertiary/aromatic N) is 1. The number of amides is 1. The number of likely N-dealkylation sites (tertiary alicyclic amines) is 1. The lowest BCUT2D eigenvalue weighted by molar-refractivity contribution is -0.122. The van der Waals surface area contributed by atoms with Crippen LogP contribution in [0.2, 0.25) is 0 Å². The molecule has 1 aromatic carbocycles. The predicted molar refractivity (Wildman–Crippen MR) is 92.9 cm³/mol. The lowest BCUT2D eigenvalue weighted by Gasteiger charge is -2.19. The molecule has 0 spiro atoms. The molecule has 0 radical (unpaired) electrons. The second-order valence-electron chi connectivity index (χ2n) is 6.00. The Morgan fingerprint density at radius 3 is 2.08 bits per heavy atom. The Kier molecular flexibility index (Phi) is 7.18. The summed E-state index contributed by atoms with van der Waals surface area (Å²) in [6.07, 6.45) is 4.90. The molecule has 1 N–H and O–H groups in total. The van der Waals surface area contributed by atoms with Crippen LogP contribution in [0.1, 0.15) is 31.2 Å². The average molecular weight is 336 g/mol. The number of hydrogen-bond donors (Lipinski definition) is 1. The molecule has 6 nitrogen and oxygen atoms in total. The summed E-state index contributed by atoms with van der Waals surface area (Å²) in [6.45, 7) is 2.92. The van der Waals surface area contributed by atoms with E-state index in [4.69, 9.17) is 14.2 Å². The van der Waals surface area contributed by atoms with Crippen molar-refractivity contribution < 1.29 is 19.0 Å². The quantitative estimate of drug-likeness (QED) is 0.827. The summed E-state index contributed by atoms with van der Waals surface area (Å²) < 4.78 is 16.0. The summed E-state index contributed by atoms with van der Waals surface area (Å²) in [7, 11) is 4.74. The first kappa shape index (κ1) is 18.4. The molecule has 6 heteroatoms. The zero-order valence-corrected chi connectivity index (χ0v) is 14.9. The van der Waals surface area contributed by atoms with Crippen LogP contribution in [-0.2, 0) is 11.3 Å². The molecule has 1 amide bonds. The van der Waals surface area contributed by atoms with Crippen molar-refractivity contribution in [3.05, 3.63) is 17.7 Å². The Morgan fingerprint density at radius 2 is 1.58 bits per heavy atom. The molecule has 0 aromatic heterocycles. The number of carbonyl (C=O) groups excluding carboxylic acids is 1. The fourth-order valence-electron chi connectivity index (χ4n) is 2.99. The second-order valence-corrected chi connectivity index (χ2v) is 6.00. The van der Waals surface area contributed by atoms with Crippen LogP contribution in [0.15, 0.2) is 12.1 Å². The van der Waals surface area contributed by atoms with Gasteiger partial charge in [0.25, 0.3) is 0 Å². The van der Waals surface area contributed by atoms with Gasteiger partial charge in [-0.25, -0.2) is 0 Å². The van der Waals surface area contributed by atoms with Gasteiger partial charge in [-0.1, -0.05) is 12.8 Å². The van der Waals surface area contributed by atoms with Crippen molar-refractivity contribution >= 4 is 5.91 Å². The third-order valence-electron chi connectivity index (χ3n) is 4.28. The minimum atomic E-state index is 0.0469. The zero-order chi connectivity index (χ0) is 17.4. The van der Waals surface area contributed by atoms with E-state index >= 15 is 0 Å². The Hall–Kier alpha value is -1.95. The summed E-state index contributed by atoms with van der Waals surface area (Å²) in [5.41, 5.74) is 0.911. The highest BCUT2D eigenvalue weighted by molar-refractivity contribution is 5.78. The first-order valence-electron chi connectivity index (χ1n) is 8.46. The van der Waals surface area contributed by atoms with Gasteiger partial charge >= 0.3 is 0 Å². The highest BCUT2D eigenvalue weighted by Crippen LogP contribution is 2.38. The molecule has 0 atom stereocenters. The topological polar surface area (TPSA) is 60.0 Å². The van der Waals surface area contributed by atoms with Gasteiger partial charge < -0.3 is 19.5 Å². The highest BCUT2D eigenvalue weighted by Gasteiger charge is 2.15. The van der Waals surface area contributed by atoms with E-state index < -0.39 is 0 Å². The molecular weight excluding hydrogens is 308 g/mol. The van der Waals surface area contributed by atoms with E-state index in [0.29, 0.717) is 30.3 Å². The normalized spacial score (nSPS) is 15.5. The molecule has 0 unspecified atom stereocenters. The fourth-order valence-corrected chi connectivity index (χ4v) is 2.99. The summed E-state index contributed by atoms with van der Waals surface area (Å²) in [5, 5.41) is 2.97. The van der Waals surface area contributed by atoms with Gasteiger partial charge in [-0.3, -0.25) is 9.69 Å². The minimum absolute atomic E-state index is 0.0469. The molecule has 1 aliphatic rings. The maximum Gasteiger partial charge on any atom is 0.234 e. The lowest BCUT2D eigenvalue weighted by Crippen LogP contribution is -2.37. The van der Waals surface area contributed by atoms with Gasteiger partial charge in [0.15, 0.2) is 11.5 Å². The molecule has 2 rings (SSSR count). The molecule has 0 aliphatic carbocycles. The van der Waals surface area contributed by atoms with E-state index in [1.165, 1.54) is 25.7 Å². The largest absolute Gasteiger partial charge is 0.493 e. The number of benzene rings is 1. The van der Waals surface area contributed by atoms with E-state index in [0.717, 1.165) is 18.7 Å². The van der Waals surface area contributed by atoms with Gasteiger partial charge in [-0.15, -0.1) is 0 Å². The van der Waals surface area contributed by atoms with Crippen LogP contribution in [0.25, 0.3) is 0 Å². The van der Waals surface area contributed by atoms with Crippen LogP contribution in [0.5, 0.6) is 17.2 Å². The zero-order valence-electron chi connectivity index (χ0n) is 14.9. The number of methoxy groups -OCH3 is 3. The average Bonchev–Trinajstić information content (AvgIpc) is 2.87. The monoisotopic (exact) mass is 336 g/mol. The van der Waals surface area contributed by atoms with Crippen molar-refractivity contribution in [2.75, 3.05) is 41.0 Å².